The van der Waals surface area contributed by atoms with Crippen molar-refractivity contribution in [2.45, 2.75) is 68.5 Å². The van der Waals surface area contributed by atoms with Gasteiger partial charge in [0.25, 0.3) is 0 Å². The summed E-state index contributed by atoms with van der Waals surface area (Å²) in [7, 11) is -5.52. The van der Waals surface area contributed by atoms with Gasteiger partial charge in [0.05, 0.1) is 61.3 Å². The number of anilines is 1. The molecule has 1 aliphatic carbocycles. The average molecular weight is 824 g/mol. The van der Waals surface area contributed by atoms with Crippen molar-refractivity contribution in [3.63, 3.8) is 0 Å². The predicted octanol–water partition coefficient (Wildman–Crippen LogP) is 6.68. The summed E-state index contributed by atoms with van der Waals surface area (Å²) in [5, 5.41) is 7.67. The summed E-state index contributed by atoms with van der Waals surface area (Å²) in [6, 6.07) is 16.4. The number of aryl methyl sites for hydroxylation is 2. The normalized spacial score (nSPS) is 14.3. The summed E-state index contributed by atoms with van der Waals surface area (Å²) in [4.78, 5) is 23.4. The molecule has 0 unspecified atom stereocenters. The zero-order valence-electron chi connectivity index (χ0n) is 31.1. The van der Waals surface area contributed by atoms with E-state index in [1.807, 2.05) is 24.3 Å². The van der Waals surface area contributed by atoms with E-state index in [1.54, 1.807) is 56.1 Å². The van der Waals surface area contributed by atoms with Gasteiger partial charge in [0.1, 0.15) is 18.2 Å². The molecule has 12 nitrogen and oxygen atoms in total. The molecule has 3 heterocycles. The fourth-order valence-electron chi connectivity index (χ4n) is 7.10. The van der Waals surface area contributed by atoms with Gasteiger partial charge in [-0.1, -0.05) is 35.9 Å². The number of imidazole rings is 1. The Morgan fingerprint density at radius 2 is 1.70 bits per heavy atom. The number of para-hydroxylation sites is 2. The first kappa shape index (κ1) is 39.3. The van der Waals surface area contributed by atoms with Gasteiger partial charge in [-0.05, 0) is 87.9 Å². The van der Waals surface area contributed by atoms with Crippen LogP contribution in [0.25, 0.3) is 33.1 Å². The molecule has 6 aromatic rings. The second kappa shape index (κ2) is 14.9. The molecule has 0 bridgehead atoms. The highest BCUT2D eigenvalue weighted by Crippen LogP contribution is 2.41. The molecule has 294 valence electrons. The predicted molar refractivity (Wildman–Crippen MR) is 212 cm³/mol. The molecule has 0 saturated heterocycles. The van der Waals surface area contributed by atoms with Gasteiger partial charge in [-0.25, -0.2) is 30.6 Å². The summed E-state index contributed by atoms with van der Waals surface area (Å²) in [5.41, 5.74) is 3.99. The topological polar surface area (TPSA) is 158 Å². The first-order valence-electron chi connectivity index (χ1n) is 17.9. The highest BCUT2D eigenvalue weighted by molar-refractivity contribution is 7.93. The van der Waals surface area contributed by atoms with Crippen molar-refractivity contribution in [1.29, 1.82) is 0 Å². The number of amides is 1. The Balaban J connectivity index is 1.37. The third kappa shape index (κ3) is 8.13. The second-order valence-electron chi connectivity index (χ2n) is 14.9. The van der Waals surface area contributed by atoms with Gasteiger partial charge in [0, 0.05) is 29.9 Å². The number of nitrogens with zero attached hydrogens (tertiary/aromatic N) is 5. The molecule has 1 aliphatic rings. The van der Waals surface area contributed by atoms with Gasteiger partial charge in [-0.2, -0.15) is 5.10 Å². The van der Waals surface area contributed by atoms with Gasteiger partial charge in [0.2, 0.25) is 15.9 Å². The van der Waals surface area contributed by atoms with Crippen molar-refractivity contribution < 1.29 is 30.4 Å². The number of hydrogen-bond acceptors (Lipinski definition) is 8. The maximum atomic E-state index is 14.6. The molecule has 56 heavy (non-hydrogen) atoms. The average Bonchev–Trinajstić information content (AvgIpc) is 3.84. The van der Waals surface area contributed by atoms with Crippen LogP contribution in [0.4, 0.5) is 14.6 Å². The molecule has 0 aliphatic heterocycles. The minimum Gasteiger partial charge on any atom is -0.346 e. The Kier molecular flexibility index (Phi) is 10.4. The molecule has 1 amide bonds. The van der Waals surface area contributed by atoms with Crippen molar-refractivity contribution in [2.75, 3.05) is 11.0 Å². The number of rotatable bonds is 14. The zero-order valence-corrected chi connectivity index (χ0v) is 33.4. The van der Waals surface area contributed by atoms with Crippen LogP contribution in [0.2, 0.25) is 5.02 Å². The van der Waals surface area contributed by atoms with Crippen LogP contribution in [0.5, 0.6) is 0 Å². The van der Waals surface area contributed by atoms with E-state index in [4.69, 9.17) is 16.6 Å². The second-order valence-corrected chi connectivity index (χ2v) is 19.9. The molecule has 1 saturated carbocycles. The maximum Gasteiger partial charge on any atom is 0.240 e. The van der Waals surface area contributed by atoms with Crippen molar-refractivity contribution in [2.24, 2.45) is 7.05 Å². The molecule has 0 spiro atoms. The standard InChI is InChI=1S/C39H40ClF2N7O5S2/c1-39(2,56(53,54)27-10-11-27)16-15-26-9-12-28(29-13-14-30(40)35-37(29)48(3)46-38(35)47-55(4,51)52)36(44-26)32(19-23-17-24(41)20-25(42)18-23)45-34(50)21-49-22-43-31-7-5-6-8-33(31)49/h5-9,12-14,17-18,20,22,27,32H,10-11,15-16,19,21H2,1-4H3,(H,45,50)(H,46,47)/t32-/m0/s1. The SMILES string of the molecule is Cn1nc(NS(C)(=O)=O)c2c(Cl)ccc(-c3ccc(CCC(C)(C)S(=O)(=O)C4CC4)nc3[C@H](Cc3cc(F)cc(F)c3)NC(=O)Cn3cnc4ccccc43)c21. The minimum atomic E-state index is -3.75. The van der Waals surface area contributed by atoms with E-state index in [9.17, 15) is 30.4 Å². The molecular weight excluding hydrogens is 784 g/mol. The number of benzene rings is 3. The highest BCUT2D eigenvalue weighted by atomic mass is 35.5. The molecule has 3 aromatic carbocycles. The monoisotopic (exact) mass is 823 g/mol. The Hall–Kier alpha value is -4.93. The molecule has 1 fully saturated rings. The molecule has 7 rings (SSSR count). The number of halogens is 3. The van der Waals surface area contributed by atoms with Crippen LogP contribution in [0.1, 0.15) is 56.1 Å². The maximum absolute atomic E-state index is 14.6. The van der Waals surface area contributed by atoms with E-state index in [0.29, 0.717) is 51.8 Å². The van der Waals surface area contributed by atoms with Crippen molar-refractivity contribution >= 4 is 65.1 Å². The Morgan fingerprint density at radius 3 is 2.39 bits per heavy atom. The lowest BCUT2D eigenvalue weighted by molar-refractivity contribution is -0.122. The summed E-state index contributed by atoms with van der Waals surface area (Å²) in [6.07, 6.45) is 4.29. The van der Waals surface area contributed by atoms with E-state index >= 15 is 0 Å². The first-order valence-corrected chi connectivity index (χ1v) is 21.7. The molecule has 0 radical (unpaired) electrons. The summed E-state index contributed by atoms with van der Waals surface area (Å²) in [6.45, 7) is 3.29. The van der Waals surface area contributed by atoms with Crippen LogP contribution < -0.4 is 10.0 Å². The van der Waals surface area contributed by atoms with E-state index in [-0.39, 0.29) is 47.5 Å². The minimum absolute atomic E-state index is 0.00901. The van der Waals surface area contributed by atoms with E-state index in [1.165, 1.54) is 16.8 Å². The smallest absolute Gasteiger partial charge is 0.240 e. The number of sulfone groups is 1. The summed E-state index contributed by atoms with van der Waals surface area (Å²) >= 11 is 6.67. The number of pyridine rings is 1. The largest absolute Gasteiger partial charge is 0.346 e. The lowest BCUT2D eigenvalue weighted by Gasteiger charge is -2.26. The summed E-state index contributed by atoms with van der Waals surface area (Å²) < 4.78 is 85.0. The number of aromatic nitrogens is 5. The Labute approximate surface area is 328 Å². The Morgan fingerprint density at radius 1 is 1.00 bits per heavy atom. The van der Waals surface area contributed by atoms with Crippen molar-refractivity contribution in [3.05, 3.63) is 107 Å². The van der Waals surface area contributed by atoms with Crippen molar-refractivity contribution in [1.82, 2.24) is 29.6 Å². The quantitative estimate of drug-likeness (QED) is 0.123. The molecule has 17 heteroatoms. The van der Waals surface area contributed by atoms with Crippen LogP contribution in [-0.2, 0) is 51.1 Å². The number of nitrogens with one attached hydrogen (secondary N) is 2. The van der Waals surface area contributed by atoms with Crippen LogP contribution in [0.15, 0.2) is 73.1 Å². The molecule has 2 N–H and O–H groups in total. The lowest BCUT2D eigenvalue weighted by atomic mass is 9.93. The fraction of sp³-hybridized carbons (Fsp3) is 0.333. The van der Waals surface area contributed by atoms with Crippen LogP contribution in [0.3, 0.4) is 0 Å². The molecular formula is C39H40ClF2N7O5S2. The number of fused-ring (bicyclic) bond motifs is 2. The zero-order chi connectivity index (χ0) is 40.2. The third-order valence-corrected chi connectivity index (χ3v) is 14.1. The van der Waals surface area contributed by atoms with Crippen molar-refractivity contribution in [3.8, 4) is 11.1 Å². The van der Waals surface area contributed by atoms with Gasteiger partial charge in [0.15, 0.2) is 15.7 Å². The van der Waals surface area contributed by atoms with E-state index in [0.717, 1.165) is 17.8 Å². The number of sulfonamides is 1. The van der Waals surface area contributed by atoms with Crippen LogP contribution >= 0.6 is 11.6 Å². The Bertz CT molecular complexity index is 2710. The van der Waals surface area contributed by atoms with Gasteiger partial charge < -0.3 is 9.88 Å². The van der Waals surface area contributed by atoms with E-state index < -0.39 is 48.2 Å². The van der Waals surface area contributed by atoms with Gasteiger partial charge in [-0.15, -0.1) is 0 Å². The fourth-order valence-corrected chi connectivity index (χ4v) is 9.89. The lowest BCUT2D eigenvalue weighted by Crippen LogP contribution is -2.35. The van der Waals surface area contributed by atoms with E-state index in [2.05, 4.69) is 20.1 Å². The molecule has 1 atom stereocenters. The first-order chi connectivity index (χ1) is 26.4. The van der Waals surface area contributed by atoms with Gasteiger partial charge >= 0.3 is 0 Å². The van der Waals surface area contributed by atoms with Gasteiger partial charge in [-0.3, -0.25) is 19.2 Å². The number of carbonyl (C=O) groups is 1. The summed E-state index contributed by atoms with van der Waals surface area (Å²) in [5.74, 6) is -2.02. The molecule has 3 aromatic heterocycles. The third-order valence-electron chi connectivity index (χ3n) is 10.1. The van der Waals surface area contributed by atoms with Crippen LogP contribution in [0, 0.1) is 11.6 Å². The highest BCUT2D eigenvalue weighted by Gasteiger charge is 2.45. The number of hydrogen-bond donors (Lipinski definition) is 2. The van der Waals surface area contributed by atoms with Crippen LogP contribution in [-0.4, -0.2) is 63.3 Å². The number of carbonyl (C=O) groups excluding carboxylic acids is 1.